The minimum absolute atomic E-state index is 0.114. The Kier molecular flexibility index (Phi) is 7.40. The average molecular weight is 294 g/mol. The second-order valence-corrected chi connectivity index (χ2v) is 6.17. The molecule has 1 aromatic heterocycles. The zero-order valence-corrected chi connectivity index (χ0v) is 14.8. The third kappa shape index (κ3) is 4.55. The van der Waals surface area contributed by atoms with Gasteiger partial charge < -0.3 is 9.88 Å². The summed E-state index contributed by atoms with van der Waals surface area (Å²) in [5, 5.41) is 3.75. The molecule has 1 heterocycles. The molecular weight excluding hydrogens is 260 g/mol. The number of hydrogen-bond donors (Lipinski definition) is 1. The summed E-state index contributed by atoms with van der Waals surface area (Å²) in [7, 11) is 0. The molecule has 0 aliphatic heterocycles. The standard InChI is InChI=1S/C17H34N4/c1-7-11-18-15(17(5,6)21(9-3)10-4)14-16-19-12-13-20(16)8-2/h12-13,15,18H,7-11,14H2,1-6H3. The molecule has 0 aliphatic carbocycles. The third-order valence-electron chi connectivity index (χ3n) is 4.60. The molecule has 0 amide bonds. The van der Waals surface area contributed by atoms with Crippen LogP contribution in [0.2, 0.25) is 0 Å². The number of rotatable bonds is 10. The van der Waals surface area contributed by atoms with Crippen LogP contribution in [0.15, 0.2) is 12.4 Å². The molecule has 0 radical (unpaired) electrons. The smallest absolute Gasteiger partial charge is 0.110 e. The Hall–Kier alpha value is -0.870. The normalized spacial score (nSPS) is 13.9. The summed E-state index contributed by atoms with van der Waals surface area (Å²) >= 11 is 0. The molecule has 1 rings (SSSR count). The van der Waals surface area contributed by atoms with E-state index in [4.69, 9.17) is 0 Å². The summed E-state index contributed by atoms with van der Waals surface area (Å²) in [4.78, 5) is 7.11. The maximum atomic E-state index is 4.56. The van der Waals surface area contributed by atoms with Crippen LogP contribution in [0.3, 0.4) is 0 Å². The molecule has 1 atom stereocenters. The lowest BCUT2D eigenvalue weighted by atomic mass is 9.89. The van der Waals surface area contributed by atoms with Crippen molar-refractivity contribution in [1.29, 1.82) is 0 Å². The van der Waals surface area contributed by atoms with Crippen LogP contribution in [0.25, 0.3) is 0 Å². The van der Waals surface area contributed by atoms with Crippen LogP contribution < -0.4 is 5.32 Å². The second kappa shape index (κ2) is 8.54. The van der Waals surface area contributed by atoms with Crippen LogP contribution in [0.1, 0.15) is 53.8 Å². The van der Waals surface area contributed by atoms with Crippen LogP contribution >= 0.6 is 0 Å². The van der Waals surface area contributed by atoms with Gasteiger partial charge in [-0.2, -0.15) is 0 Å². The number of imidazole rings is 1. The van der Waals surface area contributed by atoms with Crippen molar-refractivity contribution < 1.29 is 0 Å². The van der Waals surface area contributed by atoms with Crippen LogP contribution in [0, 0.1) is 0 Å². The topological polar surface area (TPSA) is 33.1 Å². The van der Waals surface area contributed by atoms with E-state index in [1.807, 2.05) is 6.20 Å². The van der Waals surface area contributed by atoms with Crippen molar-refractivity contribution in [3.05, 3.63) is 18.2 Å². The number of nitrogens with one attached hydrogen (secondary N) is 1. The van der Waals surface area contributed by atoms with Gasteiger partial charge in [0.2, 0.25) is 0 Å². The van der Waals surface area contributed by atoms with Gasteiger partial charge in [-0.3, -0.25) is 4.90 Å². The van der Waals surface area contributed by atoms with Gasteiger partial charge in [0.1, 0.15) is 5.82 Å². The molecule has 1 aromatic rings. The molecule has 0 bridgehead atoms. The Bertz CT molecular complexity index is 393. The van der Waals surface area contributed by atoms with E-state index < -0.39 is 0 Å². The summed E-state index contributed by atoms with van der Waals surface area (Å²) in [6.07, 6.45) is 6.13. The van der Waals surface area contributed by atoms with Gasteiger partial charge >= 0.3 is 0 Å². The maximum absolute atomic E-state index is 4.56. The van der Waals surface area contributed by atoms with Gasteiger partial charge in [0.25, 0.3) is 0 Å². The first-order valence-electron chi connectivity index (χ1n) is 8.49. The van der Waals surface area contributed by atoms with Gasteiger partial charge in [-0.25, -0.2) is 4.98 Å². The molecule has 0 aliphatic rings. The minimum atomic E-state index is 0.114. The minimum Gasteiger partial charge on any atom is -0.335 e. The van der Waals surface area contributed by atoms with Gasteiger partial charge in [0.15, 0.2) is 0 Å². The zero-order chi connectivity index (χ0) is 15.9. The van der Waals surface area contributed by atoms with E-state index >= 15 is 0 Å². The fraction of sp³-hybridized carbons (Fsp3) is 0.824. The van der Waals surface area contributed by atoms with E-state index in [-0.39, 0.29) is 5.54 Å². The summed E-state index contributed by atoms with van der Waals surface area (Å²) in [6.45, 7) is 17.8. The summed E-state index contributed by atoms with van der Waals surface area (Å²) in [5.41, 5.74) is 0.114. The van der Waals surface area contributed by atoms with E-state index in [9.17, 15) is 0 Å². The summed E-state index contributed by atoms with van der Waals surface area (Å²) in [6, 6.07) is 0.407. The highest BCUT2D eigenvalue weighted by molar-refractivity contribution is 5.02. The molecule has 122 valence electrons. The Morgan fingerprint density at radius 2 is 1.90 bits per heavy atom. The van der Waals surface area contributed by atoms with Crippen molar-refractivity contribution in [2.45, 2.75) is 72.5 Å². The molecular formula is C17H34N4. The van der Waals surface area contributed by atoms with Crippen molar-refractivity contribution in [3.8, 4) is 0 Å². The number of likely N-dealkylation sites (N-methyl/N-ethyl adjacent to an activating group) is 1. The summed E-state index contributed by atoms with van der Waals surface area (Å²) in [5.74, 6) is 1.19. The van der Waals surface area contributed by atoms with Crippen LogP contribution in [0.5, 0.6) is 0 Å². The Morgan fingerprint density at radius 3 is 2.43 bits per heavy atom. The number of aryl methyl sites for hydroxylation is 1. The van der Waals surface area contributed by atoms with E-state index in [2.05, 4.69) is 67.5 Å². The van der Waals surface area contributed by atoms with Crippen molar-refractivity contribution in [2.75, 3.05) is 19.6 Å². The first-order chi connectivity index (χ1) is 10.0. The highest BCUT2D eigenvalue weighted by atomic mass is 15.2. The van der Waals surface area contributed by atoms with Crippen molar-refractivity contribution >= 4 is 0 Å². The largest absolute Gasteiger partial charge is 0.335 e. The Morgan fingerprint density at radius 1 is 1.24 bits per heavy atom. The molecule has 4 heteroatoms. The van der Waals surface area contributed by atoms with Crippen LogP contribution in [-0.4, -0.2) is 45.7 Å². The lowest BCUT2D eigenvalue weighted by Crippen LogP contribution is -2.58. The molecule has 0 saturated carbocycles. The average Bonchev–Trinajstić information content (AvgIpc) is 2.91. The van der Waals surface area contributed by atoms with E-state index in [1.165, 1.54) is 5.82 Å². The first kappa shape index (κ1) is 18.2. The lowest BCUT2D eigenvalue weighted by Gasteiger charge is -2.44. The Balaban J connectivity index is 2.93. The highest BCUT2D eigenvalue weighted by Crippen LogP contribution is 2.22. The van der Waals surface area contributed by atoms with Gasteiger partial charge in [-0.1, -0.05) is 20.8 Å². The molecule has 0 aromatic carbocycles. The SMILES string of the molecule is CCCNC(Cc1nccn1CC)C(C)(C)N(CC)CC. The van der Waals surface area contributed by atoms with Crippen LogP contribution in [-0.2, 0) is 13.0 Å². The molecule has 0 fully saturated rings. The van der Waals surface area contributed by atoms with Crippen LogP contribution in [0.4, 0.5) is 0 Å². The lowest BCUT2D eigenvalue weighted by molar-refractivity contribution is 0.0899. The van der Waals surface area contributed by atoms with E-state index in [1.54, 1.807) is 0 Å². The van der Waals surface area contributed by atoms with Gasteiger partial charge in [0, 0.05) is 36.9 Å². The fourth-order valence-corrected chi connectivity index (χ4v) is 3.15. The predicted octanol–water partition coefficient (Wildman–Crippen LogP) is 2.93. The predicted molar refractivity (Wildman–Crippen MR) is 90.7 cm³/mol. The first-order valence-corrected chi connectivity index (χ1v) is 8.49. The highest BCUT2D eigenvalue weighted by Gasteiger charge is 2.34. The maximum Gasteiger partial charge on any atom is 0.110 e. The van der Waals surface area contributed by atoms with Crippen molar-refractivity contribution in [2.24, 2.45) is 0 Å². The fourth-order valence-electron chi connectivity index (χ4n) is 3.15. The molecule has 4 nitrogen and oxygen atoms in total. The molecule has 1 N–H and O–H groups in total. The van der Waals surface area contributed by atoms with Gasteiger partial charge in [-0.15, -0.1) is 0 Å². The van der Waals surface area contributed by atoms with Gasteiger partial charge in [0.05, 0.1) is 0 Å². The molecule has 0 spiro atoms. The summed E-state index contributed by atoms with van der Waals surface area (Å²) < 4.78 is 2.25. The number of hydrogen-bond acceptors (Lipinski definition) is 3. The number of nitrogens with zero attached hydrogens (tertiary/aromatic N) is 3. The molecule has 21 heavy (non-hydrogen) atoms. The van der Waals surface area contributed by atoms with E-state index in [0.717, 1.165) is 39.0 Å². The zero-order valence-electron chi connectivity index (χ0n) is 14.8. The molecule has 1 unspecified atom stereocenters. The quantitative estimate of drug-likeness (QED) is 0.720. The Labute approximate surface area is 130 Å². The second-order valence-electron chi connectivity index (χ2n) is 6.17. The van der Waals surface area contributed by atoms with E-state index in [0.29, 0.717) is 6.04 Å². The van der Waals surface area contributed by atoms with Crippen molar-refractivity contribution in [1.82, 2.24) is 19.8 Å². The monoisotopic (exact) mass is 294 g/mol. The number of aromatic nitrogens is 2. The third-order valence-corrected chi connectivity index (χ3v) is 4.60. The van der Waals surface area contributed by atoms with Crippen molar-refractivity contribution in [3.63, 3.8) is 0 Å². The van der Waals surface area contributed by atoms with Gasteiger partial charge in [-0.05, 0) is 46.8 Å². The molecule has 0 saturated heterocycles.